The van der Waals surface area contributed by atoms with Crippen LogP contribution in [0.3, 0.4) is 0 Å². The average molecular weight is 281 g/mol. The number of amides is 1. The second-order valence-electron chi connectivity index (χ2n) is 3.69. The molecule has 2 aromatic rings. The SMILES string of the molecule is COc1cc(F)cc(NC(=O)c2cc(Cl)ccn2)c1. The summed E-state index contributed by atoms with van der Waals surface area (Å²) < 4.78 is 18.2. The van der Waals surface area contributed by atoms with Crippen LogP contribution in [0.5, 0.6) is 5.75 Å². The molecule has 1 aromatic carbocycles. The molecule has 1 amide bonds. The van der Waals surface area contributed by atoms with Gasteiger partial charge >= 0.3 is 0 Å². The molecule has 0 saturated carbocycles. The number of aromatic nitrogens is 1. The number of benzene rings is 1. The van der Waals surface area contributed by atoms with Gasteiger partial charge in [0.15, 0.2) is 0 Å². The molecule has 0 atom stereocenters. The Morgan fingerprint density at radius 1 is 1.37 bits per heavy atom. The Morgan fingerprint density at radius 3 is 2.84 bits per heavy atom. The van der Waals surface area contributed by atoms with E-state index in [1.165, 1.54) is 37.6 Å². The van der Waals surface area contributed by atoms with Crippen molar-refractivity contribution in [3.8, 4) is 5.75 Å². The van der Waals surface area contributed by atoms with E-state index in [4.69, 9.17) is 16.3 Å². The summed E-state index contributed by atoms with van der Waals surface area (Å²) in [6.07, 6.45) is 1.42. The van der Waals surface area contributed by atoms with Crippen LogP contribution in [-0.4, -0.2) is 18.0 Å². The molecule has 0 fully saturated rings. The summed E-state index contributed by atoms with van der Waals surface area (Å²) in [5.74, 6) is -0.668. The molecule has 0 aliphatic carbocycles. The van der Waals surface area contributed by atoms with Gasteiger partial charge in [-0.1, -0.05) is 11.6 Å². The molecule has 0 spiro atoms. The van der Waals surface area contributed by atoms with Crippen LogP contribution in [0.1, 0.15) is 10.5 Å². The molecule has 19 heavy (non-hydrogen) atoms. The van der Waals surface area contributed by atoms with E-state index in [9.17, 15) is 9.18 Å². The largest absolute Gasteiger partial charge is 0.497 e. The van der Waals surface area contributed by atoms with Gasteiger partial charge in [-0.05, 0) is 18.2 Å². The second-order valence-corrected chi connectivity index (χ2v) is 4.13. The van der Waals surface area contributed by atoms with Crippen molar-refractivity contribution in [2.24, 2.45) is 0 Å². The van der Waals surface area contributed by atoms with Gasteiger partial charge in [-0.2, -0.15) is 0 Å². The second kappa shape index (κ2) is 5.67. The number of carbonyl (C=O) groups excluding carboxylic acids is 1. The highest BCUT2D eigenvalue weighted by molar-refractivity contribution is 6.30. The summed E-state index contributed by atoms with van der Waals surface area (Å²) in [6.45, 7) is 0. The molecule has 6 heteroatoms. The quantitative estimate of drug-likeness (QED) is 0.940. The lowest BCUT2D eigenvalue weighted by atomic mass is 10.2. The molecule has 0 radical (unpaired) electrons. The van der Waals surface area contributed by atoms with E-state index in [0.717, 1.165) is 0 Å². The number of halogens is 2. The highest BCUT2D eigenvalue weighted by Crippen LogP contribution is 2.20. The van der Waals surface area contributed by atoms with Crippen molar-refractivity contribution in [1.82, 2.24) is 4.98 Å². The van der Waals surface area contributed by atoms with Crippen LogP contribution >= 0.6 is 11.6 Å². The minimum absolute atomic E-state index is 0.149. The van der Waals surface area contributed by atoms with Gasteiger partial charge in [0.05, 0.1) is 7.11 Å². The highest BCUT2D eigenvalue weighted by Gasteiger charge is 2.09. The zero-order chi connectivity index (χ0) is 13.8. The minimum Gasteiger partial charge on any atom is -0.497 e. The molecule has 98 valence electrons. The maximum atomic E-state index is 13.3. The summed E-state index contributed by atoms with van der Waals surface area (Å²) in [5, 5.41) is 2.92. The van der Waals surface area contributed by atoms with E-state index in [1.807, 2.05) is 0 Å². The number of anilines is 1. The van der Waals surface area contributed by atoms with Crippen LogP contribution in [0.15, 0.2) is 36.5 Å². The van der Waals surface area contributed by atoms with Crippen molar-refractivity contribution in [2.45, 2.75) is 0 Å². The van der Waals surface area contributed by atoms with Gasteiger partial charge in [0.1, 0.15) is 17.3 Å². The summed E-state index contributed by atoms with van der Waals surface area (Å²) in [4.78, 5) is 15.8. The number of carbonyl (C=O) groups is 1. The van der Waals surface area contributed by atoms with Crippen molar-refractivity contribution in [3.63, 3.8) is 0 Å². The summed E-state index contributed by atoms with van der Waals surface area (Å²) >= 11 is 5.76. The zero-order valence-electron chi connectivity index (χ0n) is 9.98. The highest BCUT2D eigenvalue weighted by atomic mass is 35.5. The van der Waals surface area contributed by atoms with Gasteiger partial charge in [0.2, 0.25) is 0 Å². The molecule has 0 aliphatic rings. The van der Waals surface area contributed by atoms with E-state index in [2.05, 4.69) is 10.3 Å². The molecule has 1 N–H and O–H groups in total. The zero-order valence-corrected chi connectivity index (χ0v) is 10.7. The molecule has 0 bridgehead atoms. The number of nitrogens with zero attached hydrogens (tertiary/aromatic N) is 1. The first-order valence-electron chi connectivity index (χ1n) is 5.36. The number of pyridine rings is 1. The summed E-state index contributed by atoms with van der Waals surface area (Å²) in [6, 6.07) is 6.89. The lowest BCUT2D eigenvalue weighted by Gasteiger charge is -2.07. The Bertz CT molecular complexity index is 619. The molecule has 1 heterocycles. The molecule has 0 unspecified atom stereocenters. The Labute approximate surface area is 114 Å². The number of ether oxygens (including phenoxy) is 1. The smallest absolute Gasteiger partial charge is 0.274 e. The van der Waals surface area contributed by atoms with Gasteiger partial charge < -0.3 is 10.1 Å². The maximum Gasteiger partial charge on any atom is 0.274 e. The van der Waals surface area contributed by atoms with Gasteiger partial charge in [0, 0.05) is 29.0 Å². The molecular formula is C13H10ClFN2O2. The first-order chi connectivity index (χ1) is 9.08. The lowest BCUT2D eigenvalue weighted by molar-refractivity contribution is 0.102. The first-order valence-corrected chi connectivity index (χ1v) is 5.74. The third-order valence-electron chi connectivity index (χ3n) is 2.32. The Morgan fingerprint density at radius 2 is 2.16 bits per heavy atom. The van der Waals surface area contributed by atoms with Crippen LogP contribution in [0.25, 0.3) is 0 Å². The van der Waals surface area contributed by atoms with Gasteiger partial charge in [-0.3, -0.25) is 9.78 Å². The van der Waals surface area contributed by atoms with E-state index in [1.54, 1.807) is 6.07 Å². The topological polar surface area (TPSA) is 51.2 Å². The standard InChI is InChI=1S/C13H10ClFN2O2/c1-19-11-6-9(15)5-10(7-11)17-13(18)12-4-8(14)2-3-16-12/h2-7H,1H3,(H,17,18). The van der Waals surface area contributed by atoms with Crippen LogP contribution < -0.4 is 10.1 Å². The van der Waals surface area contributed by atoms with Crippen molar-refractivity contribution in [3.05, 3.63) is 53.1 Å². The average Bonchev–Trinajstić information content (AvgIpc) is 2.38. The maximum absolute atomic E-state index is 13.3. The third kappa shape index (κ3) is 3.42. The van der Waals surface area contributed by atoms with E-state index in [-0.39, 0.29) is 11.4 Å². The summed E-state index contributed by atoms with van der Waals surface area (Å²) in [5.41, 5.74) is 0.430. The van der Waals surface area contributed by atoms with E-state index in [0.29, 0.717) is 10.8 Å². The molecule has 4 nitrogen and oxygen atoms in total. The fourth-order valence-corrected chi connectivity index (χ4v) is 1.64. The van der Waals surface area contributed by atoms with E-state index < -0.39 is 11.7 Å². The fourth-order valence-electron chi connectivity index (χ4n) is 1.48. The van der Waals surface area contributed by atoms with Gasteiger partial charge in [0.25, 0.3) is 5.91 Å². The number of hydrogen-bond donors (Lipinski definition) is 1. The fraction of sp³-hybridized carbons (Fsp3) is 0.0769. The monoisotopic (exact) mass is 280 g/mol. The van der Waals surface area contributed by atoms with Crippen molar-refractivity contribution < 1.29 is 13.9 Å². The number of nitrogens with one attached hydrogen (secondary N) is 1. The van der Waals surface area contributed by atoms with Crippen LogP contribution in [0.4, 0.5) is 10.1 Å². The third-order valence-corrected chi connectivity index (χ3v) is 2.55. The number of hydrogen-bond acceptors (Lipinski definition) is 3. The van der Waals surface area contributed by atoms with Gasteiger partial charge in [-0.15, -0.1) is 0 Å². The number of methoxy groups -OCH3 is 1. The predicted octanol–water partition coefficient (Wildman–Crippen LogP) is 3.14. The molecule has 2 rings (SSSR count). The molecule has 0 saturated heterocycles. The Balaban J connectivity index is 2.21. The Kier molecular flexibility index (Phi) is 3.97. The normalized spacial score (nSPS) is 10.1. The van der Waals surface area contributed by atoms with Crippen molar-refractivity contribution in [2.75, 3.05) is 12.4 Å². The number of rotatable bonds is 3. The first kappa shape index (κ1) is 13.3. The molecule has 1 aromatic heterocycles. The van der Waals surface area contributed by atoms with Crippen LogP contribution in [0, 0.1) is 5.82 Å². The lowest BCUT2D eigenvalue weighted by Crippen LogP contribution is -2.13. The van der Waals surface area contributed by atoms with E-state index >= 15 is 0 Å². The van der Waals surface area contributed by atoms with Crippen molar-refractivity contribution in [1.29, 1.82) is 0 Å². The van der Waals surface area contributed by atoms with Crippen LogP contribution in [0.2, 0.25) is 5.02 Å². The molecular weight excluding hydrogens is 271 g/mol. The molecule has 0 aliphatic heterocycles. The summed E-state index contributed by atoms with van der Waals surface area (Å²) in [7, 11) is 1.42. The van der Waals surface area contributed by atoms with Crippen LogP contribution in [-0.2, 0) is 0 Å². The minimum atomic E-state index is -0.506. The van der Waals surface area contributed by atoms with Gasteiger partial charge in [-0.25, -0.2) is 4.39 Å². The Hall–Kier alpha value is -2.14. The van der Waals surface area contributed by atoms with Crippen molar-refractivity contribution >= 4 is 23.2 Å². The predicted molar refractivity (Wildman–Crippen MR) is 70.2 cm³/mol.